The Labute approximate surface area is 96.4 Å². The van der Waals surface area contributed by atoms with Gasteiger partial charge in [0.15, 0.2) is 11.5 Å². The zero-order valence-electron chi connectivity index (χ0n) is 10.5. The molecule has 0 saturated carbocycles. The number of hydrogen-bond acceptors (Lipinski definition) is 3. The van der Waals surface area contributed by atoms with Gasteiger partial charge in [-0.25, -0.2) is 0 Å². The number of rotatable bonds is 3. The van der Waals surface area contributed by atoms with Crippen LogP contribution in [0, 0.1) is 0 Å². The van der Waals surface area contributed by atoms with Crippen molar-refractivity contribution in [3.8, 4) is 11.5 Å². The van der Waals surface area contributed by atoms with Crippen molar-refractivity contribution in [3.63, 3.8) is 0 Å². The zero-order valence-corrected chi connectivity index (χ0v) is 10.5. The third kappa shape index (κ3) is 2.35. The summed E-state index contributed by atoms with van der Waals surface area (Å²) in [5.41, 5.74) is 1.50. The third-order valence-electron chi connectivity index (χ3n) is 2.49. The van der Waals surface area contributed by atoms with Crippen molar-refractivity contribution in [1.82, 2.24) is 0 Å². The zero-order chi connectivity index (χ0) is 12.3. The molecule has 0 aliphatic heterocycles. The number of hydrogen-bond donors (Lipinski definition) is 0. The number of methoxy groups -OCH3 is 2. The first-order valence-corrected chi connectivity index (χ1v) is 5.15. The van der Waals surface area contributed by atoms with Gasteiger partial charge in [-0.15, -0.1) is 0 Å². The molecule has 16 heavy (non-hydrogen) atoms. The van der Waals surface area contributed by atoms with Crippen LogP contribution in [0.3, 0.4) is 0 Å². The van der Waals surface area contributed by atoms with Crippen molar-refractivity contribution in [1.29, 1.82) is 0 Å². The van der Waals surface area contributed by atoms with E-state index in [2.05, 4.69) is 20.8 Å². The van der Waals surface area contributed by atoms with Gasteiger partial charge in [-0.05, 0) is 23.1 Å². The molecular weight excluding hydrogens is 204 g/mol. The summed E-state index contributed by atoms with van der Waals surface area (Å²) < 4.78 is 10.4. The predicted molar refractivity (Wildman–Crippen MR) is 63.6 cm³/mol. The highest BCUT2D eigenvalue weighted by atomic mass is 16.5. The van der Waals surface area contributed by atoms with Gasteiger partial charge in [-0.1, -0.05) is 20.8 Å². The standard InChI is InChI=1S/C13H18O3/c1-13(2,3)10-7-12(16-5)11(15-4)6-9(10)8-14/h6-8H,1-5H3. The first-order valence-electron chi connectivity index (χ1n) is 5.15. The lowest BCUT2D eigenvalue weighted by molar-refractivity contribution is 0.112. The van der Waals surface area contributed by atoms with Crippen LogP contribution < -0.4 is 9.47 Å². The fraction of sp³-hybridized carbons (Fsp3) is 0.462. The third-order valence-corrected chi connectivity index (χ3v) is 2.49. The number of ether oxygens (including phenoxy) is 2. The molecule has 0 aromatic heterocycles. The summed E-state index contributed by atoms with van der Waals surface area (Å²) in [4.78, 5) is 11.0. The monoisotopic (exact) mass is 222 g/mol. The van der Waals surface area contributed by atoms with Crippen molar-refractivity contribution in [2.75, 3.05) is 14.2 Å². The Morgan fingerprint density at radius 3 is 1.94 bits per heavy atom. The van der Waals surface area contributed by atoms with Crippen LogP contribution in [0.15, 0.2) is 12.1 Å². The van der Waals surface area contributed by atoms with E-state index in [9.17, 15) is 4.79 Å². The molecule has 3 nitrogen and oxygen atoms in total. The molecule has 0 fully saturated rings. The molecule has 0 N–H and O–H groups in total. The first kappa shape index (κ1) is 12.6. The number of aldehydes is 1. The van der Waals surface area contributed by atoms with Gasteiger partial charge in [0.25, 0.3) is 0 Å². The lowest BCUT2D eigenvalue weighted by Gasteiger charge is -2.22. The summed E-state index contributed by atoms with van der Waals surface area (Å²) in [5.74, 6) is 1.23. The van der Waals surface area contributed by atoms with E-state index in [0.717, 1.165) is 11.8 Å². The molecule has 88 valence electrons. The minimum absolute atomic E-state index is 0.101. The molecule has 0 bridgehead atoms. The van der Waals surface area contributed by atoms with E-state index in [0.29, 0.717) is 17.1 Å². The molecule has 3 heteroatoms. The van der Waals surface area contributed by atoms with Crippen LogP contribution in [0.25, 0.3) is 0 Å². The summed E-state index contributed by atoms with van der Waals surface area (Å²) in [6, 6.07) is 3.58. The van der Waals surface area contributed by atoms with Crippen LogP contribution in [0.5, 0.6) is 11.5 Å². The van der Waals surface area contributed by atoms with E-state index in [-0.39, 0.29) is 5.41 Å². The highest BCUT2D eigenvalue weighted by Crippen LogP contribution is 2.35. The molecule has 1 rings (SSSR count). The number of benzene rings is 1. The van der Waals surface area contributed by atoms with Gasteiger partial charge in [0.2, 0.25) is 0 Å². The van der Waals surface area contributed by atoms with Crippen molar-refractivity contribution in [2.45, 2.75) is 26.2 Å². The van der Waals surface area contributed by atoms with Crippen LogP contribution in [-0.2, 0) is 5.41 Å². The second-order valence-electron chi connectivity index (χ2n) is 4.66. The molecule has 0 unspecified atom stereocenters. The molecular formula is C13H18O3. The van der Waals surface area contributed by atoms with Crippen LogP contribution in [-0.4, -0.2) is 20.5 Å². The molecule has 1 aromatic carbocycles. The molecule has 0 amide bonds. The SMILES string of the molecule is COc1cc(C=O)c(C(C)(C)C)cc1OC. The molecule has 0 atom stereocenters. The Hall–Kier alpha value is -1.51. The maximum atomic E-state index is 11.0. The van der Waals surface area contributed by atoms with Gasteiger partial charge in [0.1, 0.15) is 6.29 Å². The minimum atomic E-state index is -0.101. The van der Waals surface area contributed by atoms with Gasteiger partial charge >= 0.3 is 0 Å². The van der Waals surface area contributed by atoms with Crippen LogP contribution in [0.4, 0.5) is 0 Å². The Kier molecular flexibility index (Phi) is 3.58. The van der Waals surface area contributed by atoms with E-state index >= 15 is 0 Å². The van der Waals surface area contributed by atoms with Crippen molar-refractivity contribution in [2.24, 2.45) is 0 Å². The normalized spacial score (nSPS) is 11.1. The van der Waals surface area contributed by atoms with Gasteiger partial charge in [0, 0.05) is 5.56 Å². The van der Waals surface area contributed by atoms with Crippen LogP contribution in [0.2, 0.25) is 0 Å². The Morgan fingerprint density at radius 2 is 1.56 bits per heavy atom. The summed E-state index contributed by atoms with van der Waals surface area (Å²) >= 11 is 0. The molecule has 0 spiro atoms. The molecule has 0 heterocycles. The van der Waals surface area contributed by atoms with Gasteiger partial charge < -0.3 is 9.47 Å². The smallest absolute Gasteiger partial charge is 0.161 e. The molecule has 0 radical (unpaired) electrons. The fourth-order valence-electron chi connectivity index (χ4n) is 1.64. The van der Waals surface area contributed by atoms with Gasteiger partial charge in [-0.3, -0.25) is 4.79 Å². The topological polar surface area (TPSA) is 35.5 Å². The Morgan fingerprint density at radius 1 is 1.06 bits per heavy atom. The fourth-order valence-corrected chi connectivity index (χ4v) is 1.64. The summed E-state index contributed by atoms with van der Waals surface area (Å²) in [6.45, 7) is 6.17. The summed E-state index contributed by atoms with van der Waals surface area (Å²) in [6.07, 6.45) is 0.850. The Balaban J connectivity index is 3.43. The average molecular weight is 222 g/mol. The van der Waals surface area contributed by atoms with E-state index in [1.165, 1.54) is 0 Å². The highest BCUT2D eigenvalue weighted by molar-refractivity contribution is 5.80. The second-order valence-corrected chi connectivity index (χ2v) is 4.66. The molecule has 0 aliphatic rings. The summed E-state index contributed by atoms with van der Waals surface area (Å²) in [5, 5.41) is 0. The maximum Gasteiger partial charge on any atom is 0.161 e. The lowest BCUT2D eigenvalue weighted by Crippen LogP contribution is -2.14. The van der Waals surface area contributed by atoms with Crippen LogP contribution >= 0.6 is 0 Å². The largest absolute Gasteiger partial charge is 0.493 e. The van der Waals surface area contributed by atoms with E-state index in [4.69, 9.17) is 9.47 Å². The number of carbonyl (C=O) groups excluding carboxylic acids is 1. The first-order chi connectivity index (χ1) is 7.43. The van der Waals surface area contributed by atoms with E-state index < -0.39 is 0 Å². The van der Waals surface area contributed by atoms with Crippen molar-refractivity contribution < 1.29 is 14.3 Å². The lowest BCUT2D eigenvalue weighted by atomic mass is 9.84. The average Bonchev–Trinajstić information content (AvgIpc) is 2.25. The minimum Gasteiger partial charge on any atom is -0.493 e. The Bertz CT molecular complexity index is 389. The molecule has 1 aromatic rings. The van der Waals surface area contributed by atoms with Crippen molar-refractivity contribution in [3.05, 3.63) is 23.3 Å². The quantitative estimate of drug-likeness (QED) is 0.738. The maximum absolute atomic E-state index is 11.0. The highest BCUT2D eigenvalue weighted by Gasteiger charge is 2.20. The molecule has 0 saturated heterocycles. The number of carbonyl (C=O) groups is 1. The van der Waals surface area contributed by atoms with Gasteiger partial charge in [0.05, 0.1) is 14.2 Å². The van der Waals surface area contributed by atoms with Crippen LogP contribution in [0.1, 0.15) is 36.7 Å². The van der Waals surface area contributed by atoms with E-state index in [1.807, 2.05) is 6.07 Å². The van der Waals surface area contributed by atoms with Crippen molar-refractivity contribution >= 4 is 6.29 Å². The molecule has 0 aliphatic carbocycles. The summed E-state index contributed by atoms with van der Waals surface area (Å²) in [7, 11) is 3.15. The predicted octanol–water partition coefficient (Wildman–Crippen LogP) is 2.81. The van der Waals surface area contributed by atoms with E-state index in [1.54, 1.807) is 20.3 Å². The second kappa shape index (κ2) is 4.56. The van der Waals surface area contributed by atoms with Gasteiger partial charge in [-0.2, -0.15) is 0 Å².